The van der Waals surface area contributed by atoms with Crippen molar-refractivity contribution in [3.63, 3.8) is 0 Å². The second-order valence-corrected chi connectivity index (χ2v) is 4.21. The van der Waals surface area contributed by atoms with E-state index in [1.54, 1.807) is 6.92 Å². The zero-order valence-electron chi connectivity index (χ0n) is 9.65. The van der Waals surface area contributed by atoms with Crippen LogP contribution in [0.4, 0.5) is 0 Å². The van der Waals surface area contributed by atoms with Crippen molar-refractivity contribution >= 4 is 5.78 Å². The van der Waals surface area contributed by atoms with Crippen LogP contribution in [0.25, 0.3) is 0 Å². The molecule has 1 aromatic carbocycles. The number of Topliss-reactive ketones (excluding diaryl/α,β-unsaturated/α-hetero) is 1. The maximum Gasteiger partial charge on any atom is 0.151 e. The maximum absolute atomic E-state index is 11.8. The zero-order valence-corrected chi connectivity index (χ0v) is 9.65. The van der Waals surface area contributed by atoms with Gasteiger partial charge in [-0.15, -0.1) is 0 Å². The topological polar surface area (TPSA) is 32.3 Å². The van der Waals surface area contributed by atoms with E-state index in [9.17, 15) is 4.79 Å². The summed E-state index contributed by atoms with van der Waals surface area (Å²) in [4.78, 5) is 14.0. The maximum atomic E-state index is 11.8. The highest BCUT2D eigenvalue weighted by Gasteiger charge is 2.25. The molecular weight excluding hydrogens is 200 g/mol. The van der Waals surface area contributed by atoms with Crippen molar-refractivity contribution in [2.24, 2.45) is 0 Å². The lowest BCUT2D eigenvalue weighted by molar-refractivity contribution is -0.122. The van der Waals surface area contributed by atoms with Gasteiger partial charge in [-0.25, -0.2) is 0 Å². The Morgan fingerprint density at radius 1 is 1.25 bits per heavy atom. The lowest BCUT2D eigenvalue weighted by Gasteiger charge is -2.33. The van der Waals surface area contributed by atoms with Crippen molar-refractivity contribution in [2.45, 2.75) is 13.0 Å². The second-order valence-electron chi connectivity index (χ2n) is 4.21. The molecule has 1 saturated heterocycles. The molecule has 1 aliphatic rings. The van der Waals surface area contributed by atoms with Gasteiger partial charge in [0.25, 0.3) is 0 Å². The SMILES string of the molecule is CC(=O)C(c1ccccc1)N1CCNCC1. The number of nitrogens with zero attached hydrogens (tertiary/aromatic N) is 1. The molecule has 3 heteroatoms. The quantitative estimate of drug-likeness (QED) is 0.828. The van der Waals surface area contributed by atoms with Crippen molar-refractivity contribution < 1.29 is 4.79 Å². The summed E-state index contributed by atoms with van der Waals surface area (Å²) in [6.45, 7) is 5.51. The molecule has 0 aromatic heterocycles. The molecule has 86 valence electrons. The molecule has 0 bridgehead atoms. The lowest BCUT2D eigenvalue weighted by atomic mass is 10.0. The first-order valence-electron chi connectivity index (χ1n) is 5.79. The molecule has 0 radical (unpaired) electrons. The van der Waals surface area contributed by atoms with Gasteiger partial charge in [-0.3, -0.25) is 9.69 Å². The predicted octanol–water partition coefficient (Wildman–Crippen LogP) is 1.22. The summed E-state index contributed by atoms with van der Waals surface area (Å²) in [6, 6.07) is 9.98. The van der Waals surface area contributed by atoms with Crippen LogP contribution >= 0.6 is 0 Å². The van der Waals surface area contributed by atoms with Gasteiger partial charge < -0.3 is 5.32 Å². The normalized spacial score (nSPS) is 19.3. The Morgan fingerprint density at radius 2 is 1.88 bits per heavy atom. The molecule has 1 unspecified atom stereocenters. The number of carbonyl (C=O) groups excluding carboxylic acids is 1. The fraction of sp³-hybridized carbons (Fsp3) is 0.462. The summed E-state index contributed by atoms with van der Waals surface area (Å²) in [7, 11) is 0. The average Bonchev–Trinajstić information content (AvgIpc) is 2.31. The summed E-state index contributed by atoms with van der Waals surface area (Å²) >= 11 is 0. The molecule has 0 amide bonds. The first kappa shape index (κ1) is 11.3. The summed E-state index contributed by atoms with van der Waals surface area (Å²) in [5.74, 6) is 0.230. The molecule has 1 atom stereocenters. The number of hydrogen-bond acceptors (Lipinski definition) is 3. The molecule has 0 aliphatic carbocycles. The van der Waals surface area contributed by atoms with Crippen LogP contribution < -0.4 is 5.32 Å². The molecule has 1 heterocycles. The van der Waals surface area contributed by atoms with Crippen LogP contribution in [0.5, 0.6) is 0 Å². The fourth-order valence-corrected chi connectivity index (χ4v) is 2.28. The van der Waals surface area contributed by atoms with Crippen molar-refractivity contribution in [2.75, 3.05) is 26.2 Å². The molecule has 2 rings (SSSR count). The molecular formula is C13H18N2O. The van der Waals surface area contributed by atoms with E-state index in [-0.39, 0.29) is 11.8 Å². The van der Waals surface area contributed by atoms with E-state index >= 15 is 0 Å². The first-order valence-corrected chi connectivity index (χ1v) is 5.79. The van der Waals surface area contributed by atoms with Crippen LogP contribution in [0.2, 0.25) is 0 Å². The molecule has 1 N–H and O–H groups in total. The number of carbonyl (C=O) groups is 1. The number of nitrogens with one attached hydrogen (secondary N) is 1. The van der Waals surface area contributed by atoms with Gasteiger partial charge in [0, 0.05) is 26.2 Å². The van der Waals surface area contributed by atoms with E-state index in [0.29, 0.717) is 0 Å². The molecule has 1 aromatic rings. The molecule has 1 fully saturated rings. The third-order valence-corrected chi connectivity index (χ3v) is 3.02. The third kappa shape index (κ3) is 2.49. The Kier molecular flexibility index (Phi) is 3.70. The van der Waals surface area contributed by atoms with Crippen molar-refractivity contribution in [3.05, 3.63) is 35.9 Å². The number of benzene rings is 1. The second kappa shape index (κ2) is 5.23. The number of ketones is 1. The minimum atomic E-state index is -0.0664. The molecule has 16 heavy (non-hydrogen) atoms. The highest BCUT2D eigenvalue weighted by molar-refractivity contribution is 5.82. The van der Waals surface area contributed by atoms with Crippen LogP contribution in [-0.2, 0) is 4.79 Å². The van der Waals surface area contributed by atoms with Gasteiger partial charge in [0.05, 0.1) is 6.04 Å². The fourth-order valence-electron chi connectivity index (χ4n) is 2.28. The van der Waals surface area contributed by atoms with E-state index in [0.717, 1.165) is 31.7 Å². The third-order valence-electron chi connectivity index (χ3n) is 3.02. The summed E-state index contributed by atoms with van der Waals surface area (Å²) in [6.07, 6.45) is 0. The van der Waals surface area contributed by atoms with Gasteiger partial charge in [0.1, 0.15) is 0 Å². The summed E-state index contributed by atoms with van der Waals surface area (Å²) in [5, 5.41) is 3.31. The Labute approximate surface area is 96.5 Å². The summed E-state index contributed by atoms with van der Waals surface area (Å²) < 4.78 is 0. The molecule has 1 aliphatic heterocycles. The van der Waals surface area contributed by atoms with Crippen molar-refractivity contribution in [1.29, 1.82) is 0 Å². The van der Waals surface area contributed by atoms with Gasteiger partial charge in [-0.05, 0) is 12.5 Å². The van der Waals surface area contributed by atoms with E-state index < -0.39 is 0 Å². The van der Waals surface area contributed by atoms with Crippen molar-refractivity contribution in [3.8, 4) is 0 Å². The zero-order chi connectivity index (χ0) is 11.4. The molecule has 0 spiro atoms. The minimum Gasteiger partial charge on any atom is -0.314 e. The summed E-state index contributed by atoms with van der Waals surface area (Å²) in [5.41, 5.74) is 1.11. The van der Waals surface area contributed by atoms with E-state index in [4.69, 9.17) is 0 Å². The van der Waals surface area contributed by atoms with Gasteiger partial charge in [0.15, 0.2) is 5.78 Å². The Bertz CT molecular complexity index is 344. The van der Waals surface area contributed by atoms with E-state index in [1.807, 2.05) is 30.3 Å². The van der Waals surface area contributed by atoms with Crippen LogP contribution in [-0.4, -0.2) is 36.9 Å². The highest BCUT2D eigenvalue weighted by atomic mass is 16.1. The van der Waals surface area contributed by atoms with Crippen LogP contribution in [0.15, 0.2) is 30.3 Å². The smallest absolute Gasteiger partial charge is 0.151 e. The largest absolute Gasteiger partial charge is 0.314 e. The van der Waals surface area contributed by atoms with Crippen LogP contribution in [0.3, 0.4) is 0 Å². The number of hydrogen-bond donors (Lipinski definition) is 1. The molecule has 0 saturated carbocycles. The molecule has 3 nitrogen and oxygen atoms in total. The first-order chi connectivity index (χ1) is 7.79. The van der Waals surface area contributed by atoms with Gasteiger partial charge in [-0.1, -0.05) is 30.3 Å². The Balaban J connectivity index is 2.20. The Hall–Kier alpha value is -1.19. The predicted molar refractivity (Wildman–Crippen MR) is 64.3 cm³/mol. The minimum absolute atomic E-state index is 0.0664. The van der Waals surface area contributed by atoms with Gasteiger partial charge in [-0.2, -0.15) is 0 Å². The highest BCUT2D eigenvalue weighted by Crippen LogP contribution is 2.21. The Morgan fingerprint density at radius 3 is 2.44 bits per heavy atom. The number of rotatable bonds is 3. The van der Waals surface area contributed by atoms with Gasteiger partial charge >= 0.3 is 0 Å². The number of piperazine rings is 1. The van der Waals surface area contributed by atoms with E-state index in [2.05, 4.69) is 10.2 Å². The monoisotopic (exact) mass is 218 g/mol. The average molecular weight is 218 g/mol. The standard InChI is InChI=1S/C13H18N2O/c1-11(16)13(12-5-3-2-4-6-12)15-9-7-14-8-10-15/h2-6,13-14H,7-10H2,1H3. The lowest BCUT2D eigenvalue weighted by Crippen LogP contribution is -2.46. The van der Waals surface area contributed by atoms with Crippen molar-refractivity contribution in [1.82, 2.24) is 10.2 Å². The van der Waals surface area contributed by atoms with Crippen LogP contribution in [0, 0.1) is 0 Å². The van der Waals surface area contributed by atoms with Crippen LogP contribution in [0.1, 0.15) is 18.5 Å². The van der Waals surface area contributed by atoms with E-state index in [1.165, 1.54) is 0 Å². The van der Waals surface area contributed by atoms with Gasteiger partial charge in [0.2, 0.25) is 0 Å².